The standard InChI is InChI=1S/C16H22N2O2S/c1-3-18-8-6-14(7-9-18)17(2)16(20)13-11-15(21-12-13)5-4-10-19/h11-12,14,19H,3,6-10H2,1-2H3. The van der Waals surface area contributed by atoms with E-state index >= 15 is 0 Å². The van der Waals surface area contributed by atoms with Gasteiger partial charge in [0.1, 0.15) is 6.61 Å². The monoisotopic (exact) mass is 306 g/mol. The summed E-state index contributed by atoms with van der Waals surface area (Å²) in [6, 6.07) is 2.14. The SMILES string of the molecule is CCN1CCC(N(C)C(=O)c2csc(C#CCO)c2)CC1. The van der Waals surface area contributed by atoms with Gasteiger partial charge < -0.3 is 14.9 Å². The van der Waals surface area contributed by atoms with Crippen molar-refractivity contribution in [3.63, 3.8) is 0 Å². The summed E-state index contributed by atoms with van der Waals surface area (Å²) in [4.78, 5) is 17.6. The van der Waals surface area contributed by atoms with Crippen LogP contribution in [0.15, 0.2) is 11.4 Å². The highest BCUT2D eigenvalue weighted by molar-refractivity contribution is 7.10. The zero-order chi connectivity index (χ0) is 15.2. The molecule has 1 aromatic heterocycles. The van der Waals surface area contributed by atoms with Gasteiger partial charge in [-0.3, -0.25) is 4.79 Å². The maximum atomic E-state index is 12.5. The molecular formula is C16H22N2O2S. The number of hydrogen-bond donors (Lipinski definition) is 1. The first kappa shape index (κ1) is 16.0. The molecule has 114 valence electrons. The van der Waals surface area contributed by atoms with Crippen molar-refractivity contribution in [2.75, 3.05) is 33.3 Å². The molecule has 0 atom stereocenters. The number of aliphatic hydroxyl groups is 1. The van der Waals surface area contributed by atoms with Gasteiger partial charge in [0.25, 0.3) is 5.91 Å². The minimum atomic E-state index is -0.156. The highest BCUT2D eigenvalue weighted by atomic mass is 32.1. The Hall–Kier alpha value is -1.35. The summed E-state index contributed by atoms with van der Waals surface area (Å²) in [5.41, 5.74) is 0.697. The molecule has 0 aliphatic carbocycles. The molecule has 2 rings (SSSR count). The van der Waals surface area contributed by atoms with E-state index in [1.807, 2.05) is 23.4 Å². The molecule has 21 heavy (non-hydrogen) atoms. The third-order valence-corrected chi connectivity index (χ3v) is 4.86. The number of thiophene rings is 1. The number of rotatable bonds is 3. The molecule has 1 fully saturated rings. The molecule has 0 saturated carbocycles. The predicted molar refractivity (Wildman–Crippen MR) is 85.5 cm³/mol. The van der Waals surface area contributed by atoms with Gasteiger partial charge in [-0.1, -0.05) is 18.8 Å². The normalized spacial score (nSPS) is 16.3. The molecule has 1 saturated heterocycles. The van der Waals surface area contributed by atoms with Crippen LogP contribution in [-0.4, -0.2) is 60.1 Å². The van der Waals surface area contributed by atoms with Gasteiger partial charge >= 0.3 is 0 Å². The van der Waals surface area contributed by atoms with Crippen molar-refractivity contribution in [3.8, 4) is 11.8 Å². The van der Waals surface area contributed by atoms with Crippen molar-refractivity contribution in [2.24, 2.45) is 0 Å². The van der Waals surface area contributed by atoms with E-state index in [1.54, 1.807) is 0 Å². The lowest BCUT2D eigenvalue weighted by atomic mass is 10.0. The quantitative estimate of drug-likeness (QED) is 0.864. The van der Waals surface area contributed by atoms with Crippen molar-refractivity contribution >= 4 is 17.2 Å². The Bertz CT molecular complexity index is 536. The average Bonchev–Trinajstić information content (AvgIpc) is 3.00. The molecule has 1 aromatic rings. The molecular weight excluding hydrogens is 284 g/mol. The molecule has 0 unspecified atom stereocenters. The molecule has 1 amide bonds. The van der Waals surface area contributed by atoms with Crippen LogP contribution in [0.1, 0.15) is 35.0 Å². The Labute approximate surface area is 130 Å². The first-order valence-corrected chi connectivity index (χ1v) is 8.21. The number of hydrogen-bond acceptors (Lipinski definition) is 4. The van der Waals surface area contributed by atoms with Crippen molar-refractivity contribution in [1.29, 1.82) is 0 Å². The molecule has 1 N–H and O–H groups in total. The summed E-state index contributed by atoms with van der Waals surface area (Å²) in [5, 5.41) is 10.5. The molecule has 0 aromatic carbocycles. The van der Waals surface area contributed by atoms with Crippen LogP contribution in [0.25, 0.3) is 0 Å². The summed E-state index contributed by atoms with van der Waals surface area (Å²) in [6.07, 6.45) is 2.08. The van der Waals surface area contributed by atoms with Crippen LogP contribution < -0.4 is 0 Å². The Kier molecular flexibility index (Phi) is 5.80. The molecule has 1 aliphatic heterocycles. The van der Waals surface area contributed by atoms with E-state index in [0.29, 0.717) is 11.6 Å². The van der Waals surface area contributed by atoms with Crippen LogP contribution in [0.4, 0.5) is 0 Å². The molecule has 0 radical (unpaired) electrons. The number of carbonyl (C=O) groups is 1. The Balaban J connectivity index is 1.97. The zero-order valence-corrected chi connectivity index (χ0v) is 13.4. The second-order valence-corrected chi connectivity index (χ2v) is 6.15. The topological polar surface area (TPSA) is 43.8 Å². The predicted octanol–water partition coefficient (Wildman–Crippen LogP) is 1.65. The molecule has 4 nitrogen and oxygen atoms in total. The summed E-state index contributed by atoms with van der Waals surface area (Å²) in [6.45, 7) is 5.24. The molecule has 5 heteroatoms. The number of amides is 1. The summed E-state index contributed by atoms with van der Waals surface area (Å²) >= 11 is 1.45. The van der Waals surface area contributed by atoms with Crippen LogP contribution in [-0.2, 0) is 0 Å². The lowest BCUT2D eigenvalue weighted by molar-refractivity contribution is 0.0647. The van der Waals surface area contributed by atoms with Gasteiger partial charge in [-0.25, -0.2) is 0 Å². The number of likely N-dealkylation sites (tertiary alicyclic amines) is 1. The fourth-order valence-electron chi connectivity index (χ4n) is 2.63. The van der Waals surface area contributed by atoms with Gasteiger partial charge in [0.05, 0.1) is 10.4 Å². The summed E-state index contributed by atoms with van der Waals surface area (Å²) in [5.74, 6) is 5.52. The Morgan fingerprint density at radius 3 is 2.86 bits per heavy atom. The van der Waals surface area contributed by atoms with E-state index in [1.165, 1.54) is 11.3 Å². The summed E-state index contributed by atoms with van der Waals surface area (Å²) < 4.78 is 0. The fourth-order valence-corrected chi connectivity index (χ4v) is 3.38. The largest absolute Gasteiger partial charge is 0.384 e. The average molecular weight is 306 g/mol. The van der Waals surface area contributed by atoms with Crippen molar-refractivity contribution in [2.45, 2.75) is 25.8 Å². The number of nitrogens with zero attached hydrogens (tertiary/aromatic N) is 2. The smallest absolute Gasteiger partial charge is 0.254 e. The highest BCUT2D eigenvalue weighted by Gasteiger charge is 2.25. The molecule has 0 bridgehead atoms. The first-order valence-electron chi connectivity index (χ1n) is 7.33. The minimum absolute atomic E-state index is 0.0678. The Morgan fingerprint density at radius 2 is 2.24 bits per heavy atom. The van der Waals surface area contributed by atoms with E-state index in [0.717, 1.165) is 37.4 Å². The fraction of sp³-hybridized carbons (Fsp3) is 0.562. The molecule has 1 aliphatic rings. The van der Waals surface area contributed by atoms with Crippen LogP contribution in [0.3, 0.4) is 0 Å². The highest BCUT2D eigenvalue weighted by Crippen LogP contribution is 2.20. The Morgan fingerprint density at radius 1 is 1.52 bits per heavy atom. The third-order valence-electron chi connectivity index (χ3n) is 4.01. The minimum Gasteiger partial charge on any atom is -0.384 e. The second-order valence-electron chi connectivity index (χ2n) is 5.24. The van der Waals surface area contributed by atoms with Crippen molar-refractivity contribution in [3.05, 3.63) is 21.9 Å². The number of aliphatic hydroxyl groups excluding tert-OH is 1. The van der Waals surface area contributed by atoms with Crippen LogP contribution in [0.2, 0.25) is 0 Å². The lowest BCUT2D eigenvalue weighted by Crippen LogP contribution is -2.45. The molecule has 0 spiro atoms. The van der Waals surface area contributed by atoms with Gasteiger partial charge in [0, 0.05) is 31.6 Å². The van der Waals surface area contributed by atoms with E-state index in [-0.39, 0.29) is 12.5 Å². The van der Waals surface area contributed by atoms with Gasteiger partial charge in [-0.15, -0.1) is 11.3 Å². The maximum Gasteiger partial charge on any atom is 0.254 e. The van der Waals surface area contributed by atoms with E-state index in [4.69, 9.17) is 5.11 Å². The zero-order valence-electron chi connectivity index (χ0n) is 12.6. The van der Waals surface area contributed by atoms with Crippen LogP contribution in [0, 0.1) is 11.8 Å². The van der Waals surface area contributed by atoms with Crippen molar-refractivity contribution < 1.29 is 9.90 Å². The summed E-state index contributed by atoms with van der Waals surface area (Å²) in [7, 11) is 1.89. The first-order chi connectivity index (χ1) is 10.2. The van der Waals surface area contributed by atoms with E-state index < -0.39 is 0 Å². The number of piperidine rings is 1. The van der Waals surface area contributed by atoms with Gasteiger partial charge in [-0.05, 0) is 25.5 Å². The lowest BCUT2D eigenvalue weighted by Gasteiger charge is -2.36. The van der Waals surface area contributed by atoms with Gasteiger partial charge in [0.15, 0.2) is 0 Å². The van der Waals surface area contributed by atoms with E-state index in [2.05, 4.69) is 23.7 Å². The van der Waals surface area contributed by atoms with Gasteiger partial charge in [0.2, 0.25) is 0 Å². The van der Waals surface area contributed by atoms with E-state index in [9.17, 15) is 4.79 Å². The molecule has 2 heterocycles. The van der Waals surface area contributed by atoms with Gasteiger partial charge in [-0.2, -0.15) is 0 Å². The second kappa shape index (κ2) is 7.60. The third kappa shape index (κ3) is 4.07. The van der Waals surface area contributed by atoms with Crippen LogP contribution in [0.5, 0.6) is 0 Å². The number of carbonyl (C=O) groups excluding carboxylic acids is 1. The van der Waals surface area contributed by atoms with Crippen LogP contribution >= 0.6 is 11.3 Å². The van der Waals surface area contributed by atoms with Crippen molar-refractivity contribution in [1.82, 2.24) is 9.80 Å². The maximum absolute atomic E-state index is 12.5.